The van der Waals surface area contributed by atoms with Gasteiger partial charge >= 0.3 is 0 Å². The SMILES string of the molecule is CCN1CCN(c2nccc(N3CCC(C)CC3)n2)CC1. The van der Waals surface area contributed by atoms with Crippen LogP contribution in [0.15, 0.2) is 12.3 Å². The summed E-state index contributed by atoms with van der Waals surface area (Å²) in [5, 5.41) is 0. The zero-order valence-corrected chi connectivity index (χ0v) is 13.3. The molecule has 2 saturated heterocycles. The Morgan fingerprint density at radius 2 is 1.76 bits per heavy atom. The van der Waals surface area contributed by atoms with Crippen molar-refractivity contribution < 1.29 is 0 Å². The highest BCUT2D eigenvalue weighted by Gasteiger charge is 2.20. The van der Waals surface area contributed by atoms with Gasteiger partial charge in [0.1, 0.15) is 5.82 Å². The molecule has 0 spiro atoms. The summed E-state index contributed by atoms with van der Waals surface area (Å²) in [5.41, 5.74) is 0. The zero-order chi connectivity index (χ0) is 14.7. The molecule has 5 nitrogen and oxygen atoms in total. The van der Waals surface area contributed by atoms with Gasteiger partial charge in [0, 0.05) is 45.5 Å². The Morgan fingerprint density at radius 3 is 2.43 bits per heavy atom. The van der Waals surface area contributed by atoms with Gasteiger partial charge < -0.3 is 14.7 Å². The molecule has 0 N–H and O–H groups in total. The van der Waals surface area contributed by atoms with Crippen LogP contribution >= 0.6 is 0 Å². The number of likely N-dealkylation sites (N-methyl/N-ethyl adjacent to an activating group) is 1. The van der Waals surface area contributed by atoms with Gasteiger partial charge in [0.05, 0.1) is 0 Å². The Kier molecular flexibility index (Phi) is 4.58. The van der Waals surface area contributed by atoms with Crippen LogP contribution in [0.2, 0.25) is 0 Å². The first-order valence-electron chi connectivity index (χ1n) is 8.31. The topological polar surface area (TPSA) is 35.5 Å². The Balaban J connectivity index is 1.66. The van der Waals surface area contributed by atoms with Crippen LogP contribution < -0.4 is 9.80 Å². The maximum atomic E-state index is 4.82. The van der Waals surface area contributed by atoms with E-state index in [9.17, 15) is 0 Å². The number of piperazine rings is 1. The number of rotatable bonds is 3. The molecular weight excluding hydrogens is 262 g/mol. The van der Waals surface area contributed by atoms with Crippen molar-refractivity contribution in [3.05, 3.63) is 12.3 Å². The van der Waals surface area contributed by atoms with Crippen molar-refractivity contribution in [1.82, 2.24) is 14.9 Å². The molecule has 0 radical (unpaired) electrons. The second kappa shape index (κ2) is 6.60. The van der Waals surface area contributed by atoms with Crippen molar-refractivity contribution in [2.75, 3.05) is 55.6 Å². The molecule has 5 heteroatoms. The molecule has 2 fully saturated rings. The zero-order valence-electron chi connectivity index (χ0n) is 13.3. The Hall–Kier alpha value is -1.36. The van der Waals surface area contributed by atoms with Gasteiger partial charge in [0.25, 0.3) is 0 Å². The lowest BCUT2D eigenvalue weighted by Gasteiger charge is -2.35. The number of piperidine rings is 1. The standard InChI is InChI=1S/C16H27N5/c1-3-19-10-12-21(13-11-19)16-17-7-4-15(18-16)20-8-5-14(2)6-9-20/h4,7,14H,3,5-6,8-13H2,1-2H3. The highest BCUT2D eigenvalue weighted by atomic mass is 15.3. The molecule has 1 aromatic rings. The lowest BCUT2D eigenvalue weighted by atomic mass is 9.99. The van der Waals surface area contributed by atoms with Crippen LogP contribution in [0, 0.1) is 5.92 Å². The molecule has 0 aliphatic carbocycles. The fourth-order valence-electron chi connectivity index (χ4n) is 3.17. The highest BCUT2D eigenvalue weighted by Crippen LogP contribution is 2.22. The Morgan fingerprint density at radius 1 is 1.05 bits per heavy atom. The number of hydrogen-bond acceptors (Lipinski definition) is 5. The molecule has 0 saturated carbocycles. The third-order valence-corrected chi connectivity index (χ3v) is 4.84. The van der Waals surface area contributed by atoms with E-state index in [1.807, 2.05) is 6.20 Å². The van der Waals surface area contributed by atoms with E-state index in [1.54, 1.807) is 0 Å². The maximum absolute atomic E-state index is 4.82. The molecule has 0 bridgehead atoms. The van der Waals surface area contributed by atoms with E-state index in [4.69, 9.17) is 4.98 Å². The average Bonchev–Trinajstić information content (AvgIpc) is 2.56. The lowest BCUT2D eigenvalue weighted by Crippen LogP contribution is -2.46. The fraction of sp³-hybridized carbons (Fsp3) is 0.750. The molecule has 0 aromatic carbocycles. The van der Waals surface area contributed by atoms with Crippen molar-refractivity contribution in [2.45, 2.75) is 26.7 Å². The highest BCUT2D eigenvalue weighted by molar-refractivity contribution is 5.44. The largest absolute Gasteiger partial charge is 0.356 e. The molecule has 21 heavy (non-hydrogen) atoms. The van der Waals surface area contributed by atoms with Crippen molar-refractivity contribution in [1.29, 1.82) is 0 Å². The quantitative estimate of drug-likeness (QED) is 0.848. The second-order valence-corrected chi connectivity index (χ2v) is 6.31. The molecule has 3 rings (SSSR count). The predicted octanol–water partition coefficient (Wildman–Crippen LogP) is 1.85. The van der Waals surface area contributed by atoms with E-state index < -0.39 is 0 Å². The van der Waals surface area contributed by atoms with Crippen LogP contribution in [0.25, 0.3) is 0 Å². The second-order valence-electron chi connectivity index (χ2n) is 6.31. The van der Waals surface area contributed by atoms with Gasteiger partial charge in [0.15, 0.2) is 0 Å². The maximum Gasteiger partial charge on any atom is 0.227 e. The minimum atomic E-state index is 0.852. The monoisotopic (exact) mass is 289 g/mol. The number of hydrogen-bond donors (Lipinski definition) is 0. The van der Waals surface area contributed by atoms with Gasteiger partial charge in [-0.3, -0.25) is 0 Å². The summed E-state index contributed by atoms with van der Waals surface area (Å²) in [6, 6.07) is 2.06. The minimum Gasteiger partial charge on any atom is -0.356 e. The number of anilines is 2. The van der Waals surface area contributed by atoms with Gasteiger partial charge in [-0.25, -0.2) is 4.98 Å². The third kappa shape index (κ3) is 3.46. The van der Waals surface area contributed by atoms with Crippen LogP contribution in [0.3, 0.4) is 0 Å². The first kappa shape index (κ1) is 14.6. The van der Waals surface area contributed by atoms with Crippen LogP contribution in [0.1, 0.15) is 26.7 Å². The van der Waals surface area contributed by atoms with E-state index >= 15 is 0 Å². The Bertz CT molecular complexity index is 448. The smallest absolute Gasteiger partial charge is 0.227 e. The van der Waals surface area contributed by atoms with E-state index in [1.165, 1.54) is 12.8 Å². The van der Waals surface area contributed by atoms with Gasteiger partial charge in [-0.05, 0) is 31.4 Å². The molecule has 3 heterocycles. The third-order valence-electron chi connectivity index (χ3n) is 4.84. The summed E-state index contributed by atoms with van der Waals surface area (Å²) < 4.78 is 0. The molecule has 0 amide bonds. The summed E-state index contributed by atoms with van der Waals surface area (Å²) in [4.78, 5) is 16.5. The van der Waals surface area contributed by atoms with Crippen LogP contribution in [-0.2, 0) is 0 Å². The molecular formula is C16H27N5. The van der Waals surface area contributed by atoms with Crippen molar-refractivity contribution in [2.24, 2.45) is 5.92 Å². The lowest BCUT2D eigenvalue weighted by molar-refractivity contribution is 0.270. The first-order valence-corrected chi connectivity index (χ1v) is 8.31. The van der Waals surface area contributed by atoms with E-state index in [0.717, 1.165) is 63.5 Å². The fourth-order valence-corrected chi connectivity index (χ4v) is 3.17. The summed E-state index contributed by atoms with van der Waals surface area (Å²) in [7, 11) is 0. The van der Waals surface area contributed by atoms with Crippen molar-refractivity contribution in [3.63, 3.8) is 0 Å². The van der Waals surface area contributed by atoms with Crippen LogP contribution in [0.5, 0.6) is 0 Å². The first-order chi connectivity index (χ1) is 10.3. The summed E-state index contributed by atoms with van der Waals surface area (Å²) in [5.74, 6) is 2.86. The van der Waals surface area contributed by atoms with Gasteiger partial charge in [0.2, 0.25) is 5.95 Å². The van der Waals surface area contributed by atoms with Crippen molar-refractivity contribution >= 4 is 11.8 Å². The summed E-state index contributed by atoms with van der Waals surface area (Å²) >= 11 is 0. The van der Waals surface area contributed by atoms with E-state index in [0.29, 0.717) is 0 Å². The van der Waals surface area contributed by atoms with E-state index in [-0.39, 0.29) is 0 Å². The minimum absolute atomic E-state index is 0.852. The van der Waals surface area contributed by atoms with Gasteiger partial charge in [-0.2, -0.15) is 4.98 Å². The van der Waals surface area contributed by atoms with Crippen LogP contribution in [0.4, 0.5) is 11.8 Å². The van der Waals surface area contributed by atoms with Crippen molar-refractivity contribution in [3.8, 4) is 0 Å². The Labute approximate surface area is 128 Å². The molecule has 2 aliphatic rings. The van der Waals surface area contributed by atoms with Crippen LogP contribution in [-0.4, -0.2) is 60.7 Å². The molecule has 2 aliphatic heterocycles. The molecule has 0 unspecified atom stereocenters. The normalized spacial score (nSPS) is 21.8. The average molecular weight is 289 g/mol. The molecule has 1 aromatic heterocycles. The molecule has 0 atom stereocenters. The van der Waals surface area contributed by atoms with E-state index in [2.05, 4.69) is 39.6 Å². The predicted molar refractivity (Wildman–Crippen MR) is 87.0 cm³/mol. The van der Waals surface area contributed by atoms with Gasteiger partial charge in [-0.15, -0.1) is 0 Å². The summed E-state index contributed by atoms with van der Waals surface area (Å²) in [6.07, 6.45) is 4.46. The summed E-state index contributed by atoms with van der Waals surface area (Å²) in [6.45, 7) is 12.3. The molecule has 116 valence electrons. The number of nitrogens with zero attached hydrogens (tertiary/aromatic N) is 5. The van der Waals surface area contributed by atoms with Gasteiger partial charge in [-0.1, -0.05) is 13.8 Å². The number of aromatic nitrogens is 2.